The summed E-state index contributed by atoms with van der Waals surface area (Å²) in [5.41, 5.74) is 4.45. The van der Waals surface area contributed by atoms with Gasteiger partial charge in [-0.1, -0.05) is 48.5 Å². The molecule has 0 radical (unpaired) electrons. The van der Waals surface area contributed by atoms with Crippen LogP contribution in [0, 0.1) is 0 Å². The van der Waals surface area contributed by atoms with E-state index in [0.29, 0.717) is 18.2 Å². The van der Waals surface area contributed by atoms with Crippen LogP contribution in [0.25, 0.3) is 0 Å². The topological polar surface area (TPSA) is 45.2 Å². The van der Waals surface area contributed by atoms with E-state index in [4.69, 9.17) is 0 Å². The van der Waals surface area contributed by atoms with Crippen molar-refractivity contribution in [1.82, 2.24) is 10.3 Å². The number of hydrogen-bond donors (Lipinski definition) is 1. The Labute approximate surface area is 166 Å². The van der Waals surface area contributed by atoms with Crippen LogP contribution >= 0.6 is 0 Å². The van der Waals surface area contributed by atoms with E-state index in [9.17, 15) is 4.79 Å². The summed E-state index contributed by atoms with van der Waals surface area (Å²) >= 11 is 0. The van der Waals surface area contributed by atoms with Crippen LogP contribution in [0.4, 0.5) is 11.5 Å². The number of rotatable bonds is 6. The molecule has 0 bridgehead atoms. The molecule has 0 spiro atoms. The highest BCUT2D eigenvalue weighted by molar-refractivity contribution is 5.94. The monoisotopic (exact) mass is 371 g/mol. The summed E-state index contributed by atoms with van der Waals surface area (Å²) in [7, 11) is 0. The molecule has 142 valence electrons. The number of nitrogens with one attached hydrogen (secondary N) is 1. The molecule has 1 atom stereocenters. The second-order valence-electron chi connectivity index (χ2n) is 7.30. The van der Waals surface area contributed by atoms with Gasteiger partial charge in [0, 0.05) is 24.5 Å². The van der Waals surface area contributed by atoms with Gasteiger partial charge in [0.2, 0.25) is 0 Å². The van der Waals surface area contributed by atoms with Crippen LogP contribution in [0.5, 0.6) is 0 Å². The molecule has 2 aromatic carbocycles. The molecular formula is C24H25N3O. The van der Waals surface area contributed by atoms with Gasteiger partial charge < -0.3 is 10.2 Å². The third-order valence-corrected chi connectivity index (χ3v) is 5.23. The summed E-state index contributed by atoms with van der Waals surface area (Å²) in [6.45, 7) is 2.86. The zero-order valence-electron chi connectivity index (χ0n) is 16.1. The smallest absolute Gasteiger partial charge is 0.252 e. The minimum Gasteiger partial charge on any atom is -0.352 e. The normalized spacial score (nSPS) is 15.3. The molecule has 1 N–H and O–H groups in total. The van der Waals surface area contributed by atoms with Gasteiger partial charge in [-0.3, -0.25) is 4.79 Å². The molecule has 1 unspecified atom stereocenters. The molecule has 0 aliphatic carbocycles. The number of benzene rings is 2. The molecule has 1 aliphatic heterocycles. The van der Waals surface area contributed by atoms with Crippen LogP contribution in [0.3, 0.4) is 0 Å². The molecule has 1 aromatic heterocycles. The number of pyridine rings is 1. The Bertz CT molecular complexity index is 938. The second kappa shape index (κ2) is 8.26. The minimum atomic E-state index is -0.0676. The second-order valence-corrected chi connectivity index (χ2v) is 7.30. The van der Waals surface area contributed by atoms with Crippen LogP contribution in [-0.4, -0.2) is 23.5 Å². The lowest BCUT2D eigenvalue weighted by Crippen LogP contribution is -2.26. The Morgan fingerprint density at radius 2 is 1.86 bits per heavy atom. The fourth-order valence-electron chi connectivity index (χ4n) is 3.82. The van der Waals surface area contributed by atoms with Crippen LogP contribution in [0.2, 0.25) is 0 Å². The summed E-state index contributed by atoms with van der Waals surface area (Å²) < 4.78 is 0. The lowest BCUT2D eigenvalue weighted by atomic mass is 10.1. The SMILES string of the molecule is CC1Cc2ccccc2N1c1ccc(C(=O)NCCCc2ccccc2)cn1. The number of nitrogens with zero attached hydrogens (tertiary/aromatic N) is 2. The van der Waals surface area contributed by atoms with Gasteiger partial charge in [0.1, 0.15) is 5.82 Å². The van der Waals surface area contributed by atoms with Gasteiger partial charge in [0.15, 0.2) is 0 Å². The van der Waals surface area contributed by atoms with Gasteiger partial charge in [0.05, 0.1) is 5.56 Å². The van der Waals surface area contributed by atoms with Crippen molar-refractivity contribution >= 4 is 17.4 Å². The molecule has 4 heteroatoms. The molecule has 0 saturated heterocycles. The first-order chi connectivity index (χ1) is 13.7. The van der Waals surface area contributed by atoms with Crippen LogP contribution in [-0.2, 0) is 12.8 Å². The van der Waals surface area contributed by atoms with E-state index in [-0.39, 0.29) is 5.91 Å². The number of fused-ring (bicyclic) bond motifs is 1. The van der Waals surface area contributed by atoms with Crippen LogP contribution in [0.1, 0.15) is 34.8 Å². The van der Waals surface area contributed by atoms with Gasteiger partial charge in [-0.05, 0) is 55.5 Å². The number of carbonyl (C=O) groups excluding carboxylic acids is 1. The maximum Gasteiger partial charge on any atom is 0.252 e. The maximum absolute atomic E-state index is 12.4. The third kappa shape index (κ3) is 3.91. The average Bonchev–Trinajstić information content (AvgIpc) is 3.07. The number of hydrogen-bond acceptors (Lipinski definition) is 3. The van der Waals surface area contributed by atoms with Gasteiger partial charge >= 0.3 is 0 Å². The minimum absolute atomic E-state index is 0.0676. The summed E-state index contributed by atoms with van der Waals surface area (Å²) in [4.78, 5) is 19.2. The fourth-order valence-corrected chi connectivity index (χ4v) is 3.82. The first kappa shape index (κ1) is 18.2. The molecule has 2 heterocycles. The number of aryl methyl sites for hydroxylation is 1. The number of amides is 1. The zero-order chi connectivity index (χ0) is 19.3. The Morgan fingerprint density at radius 1 is 1.07 bits per heavy atom. The number of carbonyl (C=O) groups is 1. The molecule has 4 nitrogen and oxygen atoms in total. The Hall–Kier alpha value is -3.14. The maximum atomic E-state index is 12.4. The van der Waals surface area contributed by atoms with Gasteiger partial charge in [-0.15, -0.1) is 0 Å². The Morgan fingerprint density at radius 3 is 2.64 bits per heavy atom. The number of aromatic nitrogens is 1. The molecule has 1 amide bonds. The van der Waals surface area contributed by atoms with Crippen LogP contribution in [0.15, 0.2) is 72.9 Å². The predicted octanol–water partition coefficient (Wildman–Crippen LogP) is 4.53. The molecule has 28 heavy (non-hydrogen) atoms. The van der Waals surface area contributed by atoms with E-state index in [1.54, 1.807) is 6.20 Å². The molecule has 0 saturated carbocycles. The van der Waals surface area contributed by atoms with E-state index in [0.717, 1.165) is 25.1 Å². The first-order valence-corrected chi connectivity index (χ1v) is 9.87. The lowest BCUT2D eigenvalue weighted by molar-refractivity contribution is 0.0953. The van der Waals surface area contributed by atoms with Crippen molar-refractivity contribution in [3.63, 3.8) is 0 Å². The van der Waals surface area contributed by atoms with Crippen molar-refractivity contribution in [3.8, 4) is 0 Å². The molecule has 0 fully saturated rings. The standard InChI is InChI=1S/C24H25N3O/c1-18-16-20-11-5-6-12-22(20)27(18)23-14-13-21(17-26-23)24(28)25-15-7-10-19-8-3-2-4-9-19/h2-6,8-9,11-14,17-18H,7,10,15-16H2,1H3,(H,25,28). The predicted molar refractivity (Wildman–Crippen MR) is 113 cm³/mol. The first-order valence-electron chi connectivity index (χ1n) is 9.87. The van der Waals surface area contributed by atoms with Crippen molar-refractivity contribution in [3.05, 3.63) is 89.6 Å². The highest BCUT2D eigenvalue weighted by atomic mass is 16.1. The van der Waals surface area contributed by atoms with Gasteiger partial charge in [-0.2, -0.15) is 0 Å². The van der Waals surface area contributed by atoms with Gasteiger partial charge in [-0.25, -0.2) is 4.98 Å². The average molecular weight is 371 g/mol. The van der Waals surface area contributed by atoms with E-state index in [2.05, 4.69) is 58.5 Å². The third-order valence-electron chi connectivity index (χ3n) is 5.23. The largest absolute Gasteiger partial charge is 0.352 e. The van der Waals surface area contributed by atoms with Crippen molar-refractivity contribution in [1.29, 1.82) is 0 Å². The number of anilines is 2. The highest BCUT2D eigenvalue weighted by Crippen LogP contribution is 2.36. The molecule has 3 aromatic rings. The Kier molecular flexibility index (Phi) is 5.38. The van der Waals surface area contributed by atoms with E-state index in [1.807, 2.05) is 30.3 Å². The summed E-state index contributed by atoms with van der Waals surface area (Å²) in [6, 6.07) is 22.9. The fraction of sp³-hybridized carbons (Fsp3) is 0.250. The molecular weight excluding hydrogens is 346 g/mol. The summed E-state index contributed by atoms with van der Waals surface area (Å²) in [5.74, 6) is 0.819. The van der Waals surface area contributed by atoms with Crippen molar-refractivity contribution in [2.75, 3.05) is 11.4 Å². The van der Waals surface area contributed by atoms with E-state index >= 15 is 0 Å². The van der Waals surface area contributed by atoms with Crippen molar-refractivity contribution in [2.45, 2.75) is 32.2 Å². The van der Waals surface area contributed by atoms with Crippen molar-refractivity contribution in [2.24, 2.45) is 0 Å². The van der Waals surface area contributed by atoms with E-state index < -0.39 is 0 Å². The number of para-hydroxylation sites is 1. The summed E-state index contributed by atoms with van der Waals surface area (Å²) in [5, 5.41) is 2.99. The molecule has 4 rings (SSSR count). The zero-order valence-corrected chi connectivity index (χ0v) is 16.1. The highest BCUT2D eigenvalue weighted by Gasteiger charge is 2.27. The summed E-state index contributed by atoms with van der Waals surface area (Å²) in [6.07, 6.45) is 4.57. The lowest BCUT2D eigenvalue weighted by Gasteiger charge is -2.23. The van der Waals surface area contributed by atoms with Gasteiger partial charge in [0.25, 0.3) is 5.91 Å². The Balaban J connectivity index is 1.35. The van der Waals surface area contributed by atoms with Crippen LogP contribution < -0.4 is 10.2 Å². The quantitative estimate of drug-likeness (QED) is 0.648. The van der Waals surface area contributed by atoms with Crippen molar-refractivity contribution < 1.29 is 4.79 Å². The molecule has 1 aliphatic rings. The van der Waals surface area contributed by atoms with E-state index in [1.165, 1.54) is 16.8 Å².